The van der Waals surface area contributed by atoms with Crippen LogP contribution in [-0.2, 0) is 52.4 Å². The number of rotatable bonds is 31. The van der Waals surface area contributed by atoms with E-state index in [0.717, 1.165) is 17.7 Å². The summed E-state index contributed by atoms with van der Waals surface area (Å²) in [5.74, 6) is -1.33. The normalized spacial score (nSPS) is 13.4. The number of carbonyl (C=O) groups is 5. The predicted molar refractivity (Wildman–Crippen MR) is 163 cm³/mol. The summed E-state index contributed by atoms with van der Waals surface area (Å²) in [6, 6.07) is -0.534. The standard InChI is InChI=1S/C30H52N4O11/c1-40-17-18-41-14-4-6-26(35)25(5-2-3-11-31)33-28(37)10-15-42-19-21-44-23-24-45-22-20-43-16-12-32-27(36)9-13-34-29(38)7-8-30(34)39/h7-8,25H,2-6,9-24,31H2,1H3,(H,32,36)(H,33,37). The topological polar surface area (TPSA) is 194 Å². The Labute approximate surface area is 265 Å². The van der Waals surface area contributed by atoms with Gasteiger partial charge in [-0.15, -0.1) is 0 Å². The van der Waals surface area contributed by atoms with E-state index in [-0.39, 0.29) is 43.6 Å². The Morgan fingerprint density at radius 3 is 1.91 bits per heavy atom. The van der Waals surface area contributed by atoms with Gasteiger partial charge >= 0.3 is 0 Å². The largest absolute Gasteiger partial charge is 0.382 e. The van der Waals surface area contributed by atoms with Crippen LogP contribution in [0.3, 0.4) is 0 Å². The summed E-state index contributed by atoms with van der Waals surface area (Å²) >= 11 is 0. The van der Waals surface area contributed by atoms with Crippen LogP contribution < -0.4 is 16.4 Å². The van der Waals surface area contributed by atoms with Gasteiger partial charge in [0.25, 0.3) is 11.8 Å². The van der Waals surface area contributed by atoms with E-state index in [4.69, 9.17) is 34.2 Å². The number of unbranched alkanes of at least 4 members (excludes halogenated alkanes) is 1. The van der Waals surface area contributed by atoms with Gasteiger partial charge in [-0.05, 0) is 32.2 Å². The lowest BCUT2D eigenvalue weighted by atomic mass is 10.0. The molecule has 0 aromatic carbocycles. The smallest absolute Gasteiger partial charge is 0.253 e. The van der Waals surface area contributed by atoms with Gasteiger partial charge in [0.05, 0.1) is 72.1 Å². The van der Waals surface area contributed by atoms with Crippen molar-refractivity contribution in [1.29, 1.82) is 0 Å². The zero-order valence-corrected chi connectivity index (χ0v) is 26.6. The summed E-state index contributed by atoms with van der Waals surface area (Å²) < 4.78 is 32.0. The summed E-state index contributed by atoms with van der Waals surface area (Å²) in [5, 5.41) is 5.50. The van der Waals surface area contributed by atoms with E-state index in [1.807, 2.05) is 0 Å². The molecule has 0 saturated heterocycles. The minimum Gasteiger partial charge on any atom is -0.382 e. The Morgan fingerprint density at radius 1 is 0.711 bits per heavy atom. The van der Waals surface area contributed by atoms with Crippen LogP contribution in [-0.4, -0.2) is 140 Å². The number of hydrogen-bond donors (Lipinski definition) is 3. The van der Waals surface area contributed by atoms with Gasteiger partial charge in [-0.25, -0.2) is 0 Å². The molecule has 0 aromatic heterocycles. The maximum absolute atomic E-state index is 12.6. The molecule has 0 bridgehead atoms. The summed E-state index contributed by atoms with van der Waals surface area (Å²) in [4.78, 5) is 60.7. The fraction of sp³-hybridized carbons (Fsp3) is 0.767. The molecule has 45 heavy (non-hydrogen) atoms. The Hall–Kier alpha value is -2.79. The molecule has 4 N–H and O–H groups in total. The first-order chi connectivity index (χ1) is 21.9. The highest BCUT2D eigenvalue weighted by atomic mass is 16.6. The monoisotopic (exact) mass is 644 g/mol. The summed E-state index contributed by atoms with van der Waals surface area (Å²) in [7, 11) is 1.60. The van der Waals surface area contributed by atoms with Gasteiger partial charge in [0.15, 0.2) is 5.78 Å². The molecule has 0 aliphatic carbocycles. The van der Waals surface area contributed by atoms with Crippen molar-refractivity contribution in [3.63, 3.8) is 0 Å². The molecule has 0 spiro atoms. The lowest BCUT2D eigenvalue weighted by Gasteiger charge is -2.18. The number of carbonyl (C=O) groups excluding carboxylic acids is 5. The van der Waals surface area contributed by atoms with Crippen molar-refractivity contribution in [1.82, 2.24) is 15.5 Å². The number of nitrogens with zero attached hydrogens (tertiary/aromatic N) is 1. The van der Waals surface area contributed by atoms with E-state index in [1.54, 1.807) is 7.11 Å². The number of methoxy groups -OCH3 is 1. The fourth-order valence-corrected chi connectivity index (χ4v) is 3.98. The molecule has 4 amide bonds. The Balaban J connectivity index is 1.96. The maximum Gasteiger partial charge on any atom is 0.253 e. The van der Waals surface area contributed by atoms with Crippen molar-refractivity contribution in [3.8, 4) is 0 Å². The number of amides is 4. The van der Waals surface area contributed by atoms with Gasteiger partial charge in [0.1, 0.15) is 0 Å². The van der Waals surface area contributed by atoms with Crippen LogP contribution in [0.5, 0.6) is 0 Å². The maximum atomic E-state index is 12.6. The number of hydrogen-bond acceptors (Lipinski definition) is 12. The fourth-order valence-electron chi connectivity index (χ4n) is 3.98. The zero-order valence-electron chi connectivity index (χ0n) is 26.6. The lowest BCUT2D eigenvalue weighted by molar-refractivity contribution is -0.137. The highest BCUT2D eigenvalue weighted by Gasteiger charge is 2.23. The molecule has 1 rings (SSSR count). The van der Waals surface area contributed by atoms with E-state index >= 15 is 0 Å². The number of nitrogens with one attached hydrogen (secondary N) is 2. The summed E-state index contributed by atoms with van der Waals surface area (Å²) in [6.45, 7) is 5.03. The second-order valence-corrected chi connectivity index (χ2v) is 10.0. The quantitative estimate of drug-likeness (QED) is 0.0648. The first-order valence-electron chi connectivity index (χ1n) is 15.6. The predicted octanol–water partition coefficient (Wildman–Crippen LogP) is -0.500. The first kappa shape index (κ1) is 40.2. The molecule has 258 valence electrons. The molecule has 0 radical (unpaired) electrons. The first-order valence-corrected chi connectivity index (χ1v) is 15.6. The summed E-state index contributed by atoms with van der Waals surface area (Å²) in [5.41, 5.74) is 5.57. The Bertz CT molecular complexity index is 870. The van der Waals surface area contributed by atoms with E-state index in [1.165, 1.54) is 12.2 Å². The highest BCUT2D eigenvalue weighted by molar-refractivity contribution is 6.13. The minimum atomic E-state index is -0.534. The molecule has 1 heterocycles. The van der Waals surface area contributed by atoms with Crippen LogP contribution in [0, 0.1) is 0 Å². The van der Waals surface area contributed by atoms with Gasteiger partial charge in [-0.3, -0.25) is 28.9 Å². The van der Waals surface area contributed by atoms with Gasteiger partial charge in [0, 0.05) is 58.2 Å². The third-order valence-electron chi connectivity index (χ3n) is 6.44. The number of ketones is 1. The third kappa shape index (κ3) is 21.6. The molecule has 0 fully saturated rings. The second-order valence-electron chi connectivity index (χ2n) is 10.0. The number of Topliss-reactive ketones (excluding diaryl/α,β-unsaturated/α-hetero) is 1. The molecule has 1 atom stereocenters. The van der Waals surface area contributed by atoms with Crippen molar-refractivity contribution < 1.29 is 52.4 Å². The van der Waals surface area contributed by atoms with Gasteiger partial charge in [-0.1, -0.05) is 0 Å². The van der Waals surface area contributed by atoms with Crippen LogP contribution in [0.25, 0.3) is 0 Å². The van der Waals surface area contributed by atoms with Crippen molar-refractivity contribution in [2.45, 2.75) is 51.0 Å². The Kier molecular flexibility index (Phi) is 24.6. The van der Waals surface area contributed by atoms with Crippen LogP contribution in [0.15, 0.2) is 12.2 Å². The highest BCUT2D eigenvalue weighted by Crippen LogP contribution is 2.07. The molecule has 1 unspecified atom stereocenters. The van der Waals surface area contributed by atoms with Crippen molar-refractivity contribution in [2.24, 2.45) is 5.73 Å². The summed E-state index contributed by atoms with van der Waals surface area (Å²) in [6.07, 6.45) is 5.58. The minimum absolute atomic E-state index is 0.00913. The average Bonchev–Trinajstić information content (AvgIpc) is 3.35. The van der Waals surface area contributed by atoms with Crippen LogP contribution in [0.1, 0.15) is 44.9 Å². The van der Waals surface area contributed by atoms with E-state index in [9.17, 15) is 24.0 Å². The zero-order chi connectivity index (χ0) is 33.0. The lowest BCUT2D eigenvalue weighted by Crippen LogP contribution is -2.41. The number of nitrogens with two attached hydrogens (primary N) is 1. The van der Waals surface area contributed by atoms with Crippen molar-refractivity contribution in [3.05, 3.63) is 12.2 Å². The SMILES string of the molecule is COCCOCCCC(=O)C(CCCCN)NC(=O)CCOCCOCCOCCOCCNC(=O)CCN1C(=O)C=CC1=O. The average molecular weight is 645 g/mol. The third-order valence-corrected chi connectivity index (χ3v) is 6.44. The molecule has 0 saturated carbocycles. The molecule has 15 nitrogen and oxygen atoms in total. The molecule has 1 aliphatic heterocycles. The van der Waals surface area contributed by atoms with Gasteiger partial charge in [0.2, 0.25) is 11.8 Å². The molecule has 1 aliphatic rings. The number of imide groups is 1. The van der Waals surface area contributed by atoms with E-state index < -0.39 is 17.9 Å². The molecular weight excluding hydrogens is 592 g/mol. The molecule has 0 aromatic rings. The van der Waals surface area contributed by atoms with Crippen LogP contribution >= 0.6 is 0 Å². The Morgan fingerprint density at radius 2 is 1.29 bits per heavy atom. The second kappa shape index (κ2) is 27.5. The van der Waals surface area contributed by atoms with Crippen LogP contribution in [0.2, 0.25) is 0 Å². The van der Waals surface area contributed by atoms with Crippen molar-refractivity contribution >= 4 is 29.4 Å². The van der Waals surface area contributed by atoms with E-state index in [0.29, 0.717) is 98.4 Å². The molecule has 15 heteroatoms. The van der Waals surface area contributed by atoms with Gasteiger partial charge < -0.3 is 44.8 Å². The van der Waals surface area contributed by atoms with Gasteiger partial charge in [-0.2, -0.15) is 0 Å². The van der Waals surface area contributed by atoms with Crippen molar-refractivity contribution in [2.75, 3.05) is 99.4 Å². The number of ether oxygens (including phenoxy) is 6. The molecular formula is C30H52N4O11. The van der Waals surface area contributed by atoms with E-state index in [2.05, 4.69) is 10.6 Å². The van der Waals surface area contributed by atoms with Crippen LogP contribution in [0.4, 0.5) is 0 Å².